The van der Waals surface area contributed by atoms with Crippen molar-refractivity contribution in [3.8, 4) is 5.75 Å². The number of piperidine rings is 1. The number of halogens is 3. The van der Waals surface area contributed by atoms with Gasteiger partial charge in [0, 0.05) is 45.8 Å². The first-order valence-electron chi connectivity index (χ1n) is 14.4. The Morgan fingerprint density at radius 3 is 2.47 bits per heavy atom. The highest BCUT2D eigenvalue weighted by molar-refractivity contribution is 6.05. The maximum absolute atomic E-state index is 14.5. The summed E-state index contributed by atoms with van der Waals surface area (Å²) in [6, 6.07) is 10.4. The number of methoxy groups -OCH3 is 1. The maximum atomic E-state index is 14.5. The van der Waals surface area contributed by atoms with Crippen LogP contribution in [0.4, 0.5) is 23.7 Å². The number of nitrogens with zero attached hydrogens (tertiary/aromatic N) is 3. The van der Waals surface area contributed by atoms with E-state index in [1.165, 1.54) is 28.5 Å². The highest BCUT2D eigenvalue weighted by atomic mass is 19.4. The van der Waals surface area contributed by atoms with Gasteiger partial charge >= 0.3 is 12.3 Å². The van der Waals surface area contributed by atoms with Gasteiger partial charge in [0.25, 0.3) is 11.8 Å². The number of benzene rings is 2. The molecule has 2 aliphatic rings. The fourth-order valence-corrected chi connectivity index (χ4v) is 5.96. The molecule has 3 amide bonds. The van der Waals surface area contributed by atoms with E-state index < -0.39 is 46.9 Å². The molecule has 9 nitrogen and oxygen atoms in total. The zero-order valence-electron chi connectivity index (χ0n) is 24.8. The number of carbonyl (C=O) groups is 3. The van der Waals surface area contributed by atoms with Crippen molar-refractivity contribution in [2.45, 2.75) is 63.8 Å². The standard InChI is InChI=1S/C31H38F3N3O6/c1-5-36(25-19-35(29(40)41)15-13-21(25)20-11-7-6-8-12-20)27(38)22-17-24-26(18-23(22)31(32,33)34)43-30(2,3)28(39)37(24)14-9-10-16-42-4/h6-8,11-12,17-18,21,25H,5,9-10,13-16,19H2,1-4H3,(H,40,41)/t21-,25-/m1/s1. The van der Waals surface area contributed by atoms with Gasteiger partial charge in [0.05, 0.1) is 22.9 Å². The third-order valence-corrected chi connectivity index (χ3v) is 8.11. The van der Waals surface area contributed by atoms with Crippen LogP contribution in [0.5, 0.6) is 5.75 Å². The molecule has 234 valence electrons. The fourth-order valence-electron chi connectivity index (χ4n) is 5.96. The van der Waals surface area contributed by atoms with Crippen LogP contribution >= 0.6 is 0 Å². The average Bonchev–Trinajstić information content (AvgIpc) is 2.96. The molecule has 0 spiro atoms. The highest BCUT2D eigenvalue weighted by Gasteiger charge is 2.46. The van der Waals surface area contributed by atoms with Crippen LogP contribution in [-0.4, -0.2) is 84.4 Å². The summed E-state index contributed by atoms with van der Waals surface area (Å²) in [6.45, 7) is 5.51. The van der Waals surface area contributed by atoms with E-state index in [2.05, 4.69) is 0 Å². The molecule has 43 heavy (non-hydrogen) atoms. The van der Waals surface area contributed by atoms with Gasteiger partial charge in [-0.3, -0.25) is 9.59 Å². The summed E-state index contributed by atoms with van der Waals surface area (Å²) in [6.07, 6.45) is -4.53. The summed E-state index contributed by atoms with van der Waals surface area (Å²) in [5.74, 6) is -1.76. The Hall–Kier alpha value is -3.80. The van der Waals surface area contributed by atoms with E-state index in [1.807, 2.05) is 30.3 Å². The monoisotopic (exact) mass is 605 g/mol. The lowest BCUT2D eigenvalue weighted by molar-refractivity contribution is -0.138. The Bertz CT molecular complexity index is 1330. The number of fused-ring (bicyclic) bond motifs is 1. The second-order valence-corrected chi connectivity index (χ2v) is 11.3. The zero-order chi connectivity index (χ0) is 31.5. The van der Waals surface area contributed by atoms with Crippen molar-refractivity contribution >= 4 is 23.6 Å². The topological polar surface area (TPSA) is 99.6 Å². The Kier molecular flexibility index (Phi) is 9.58. The lowest BCUT2D eigenvalue weighted by atomic mass is 9.84. The lowest BCUT2D eigenvalue weighted by Crippen LogP contribution is -2.55. The number of ether oxygens (including phenoxy) is 2. The molecule has 0 aliphatic carbocycles. The number of rotatable bonds is 9. The number of carbonyl (C=O) groups excluding carboxylic acids is 2. The van der Waals surface area contributed by atoms with Gasteiger partial charge in [0.2, 0.25) is 0 Å². The van der Waals surface area contributed by atoms with Crippen LogP contribution in [0.15, 0.2) is 42.5 Å². The van der Waals surface area contributed by atoms with E-state index >= 15 is 0 Å². The minimum Gasteiger partial charge on any atom is -0.476 e. The molecule has 0 saturated carbocycles. The van der Waals surface area contributed by atoms with Gasteiger partial charge in [-0.05, 0) is 57.7 Å². The minimum atomic E-state index is -4.91. The maximum Gasteiger partial charge on any atom is 0.417 e. The minimum absolute atomic E-state index is 0.0396. The van der Waals surface area contributed by atoms with Crippen molar-refractivity contribution in [1.82, 2.24) is 9.80 Å². The van der Waals surface area contributed by atoms with E-state index in [9.17, 15) is 32.7 Å². The smallest absolute Gasteiger partial charge is 0.417 e. The van der Waals surface area contributed by atoms with Crippen LogP contribution in [0.3, 0.4) is 0 Å². The first-order chi connectivity index (χ1) is 20.3. The van der Waals surface area contributed by atoms with E-state index in [0.717, 1.165) is 17.7 Å². The van der Waals surface area contributed by atoms with Crippen LogP contribution in [0.2, 0.25) is 0 Å². The molecule has 0 unspecified atom stereocenters. The molecule has 4 rings (SSSR count). The van der Waals surface area contributed by atoms with Crippen LogP contribution in [-0.2, 0) is 15.7 Å². The van der Waals surface area contributed by atoms with Crippen LogP contribution in [0, 0.1) is 0 Å². The zero-order valence-corrected chi connectivity index (χ0v) is 24.8. The van der Waals surface area contributed by atoms with E-state index in [1.54, 1.807) is 14.0 Å². The predicted molar refractivity (Wildman–Crippen MR) is 154 cm³/mol. The van der Waals surface area contributed by atoms with Crippen molar-refractivity contribution in [2.24, 2.45) is 0 Å². The molecular weight excluding hydrogens is 567 g/mol. The fraction of sp³-hybridized carbons (Fsp3) is 0.516. The van der Waals surface area contributed by atoms with Crippen molar-refractivity contribution in [3.05, 3.63) is 59.2 Å². The molecular formula is C31H38F3N3O6. The summed E-state index contributed by atoms with van der Waals surface area (Å²) in [4.78, 5) is 43.3. The second-order valence-electron chi connectivity index (χ2n) is 11.3. The van der Waals surface area contributed by atoms with Crippen molar-refractivity contribution in [2.75, 3.05) is 44.8 Å². The highest BCUT2D eigenvalue weighted by Crippen LogP contribution is 2.45. The van der Waals surface area contributed by atoms with Gasteiger partial charge in [0.1, 0.15) is 5.75 Å². The van der Waals surface area contributed by atoms with Gasteiger partial charge in [-0.2, -0.15) is 13.2 Å². The number of likely N-dealkylation sites (N-methyl/N-ethyl adjacent to an activating group) is 1. The normalized spacial score (nSPS) is 19.9. The third-order valence-electron chi connectivity index (χ3n) is 8.11. The summed E-state index contributed by atoms with van der Waals surface area (Å²) >= 11 is 0. The molecule has 2 atom stereocenters. The second kappa shape index (κ2) is 12.8. The first-order valence-corrected chi connectivity index (χ1v) is 14.4. The van der Waals surface area contributed by atoms with Crippen LogP contribution < -0.4 is 9.64 Å². The SMILES string of the molecule is CCN(C(=O)c1cc2c(cc1C(F)(F)F)OC(C)(C)C(=O)N2CCCCOC)[C@@H]1CN(C(=O)O)CC[C@@H]1c1ccccc1. The van der Waals surface area contributed by atoms with Crippen LogP contribution in [0.25, 0.3) is 0 Å². The number of carboxylic acid groups (broad SMARTS) is 1. The quantitative estimate of drug-likeness (QED) is 0.372. The summed E-state index contributed by atoms with van der Waals surface area (Å²) < 4.78 is 54.5. The first kappa shape index (κ1) is 32.1. The Balaban J connectivity index is 1.81. The van der Waals surface area contributed by atoms with Crippen molar-refractivity contribution in [3.63, 3.8) is 0 Å². The molecule has 1 fully saturated rings. The van der Waals surface area contributed by atoms with E-state index in [0.29, 0.717) is 25.9 Å². The molecule has 0 aromatic heterocycles. The molecule has 2 aromatic rings. The number of likely N-dealkylation sites (tertiary alicyclic amines) is 1. The number of alkyl halides is 3. The number of hydrogen-bond donors (Lipinski definition) is 1. The third kappa shape index (κ3) is 6.74. The van der Waals surface area contributed by atoms with Gasteiger partial charge in [0.15, 0.2) is 5.60 Å². The van der Waals surface area contributed by atoms with Gasteiger partial charge in [-0.1, -0.05) is 30.3 Å². The van der Waals surface area contributed by atoms with Gasteiger partial charge in [-0.25, -0.2) is 4.79 Å². The molecule has 0 bridgehead atoms. The molecule has 2 aromatic carbocycles. The number of anilines is 1. The van der Waals surface area contributed by atoms with Gasteiger partial charge in [-0.15, -0.1) is 0 Å². The van der Waals surface area contributed by atoms with Gasteiger partial charge < -0.3 is 29.3 Å². The summed E-state index contributed by atoms with van der Waals surface area (Å²) in [5, 5.41) is 9.72. The Morgan fingerprint density at radius 2 is 1.86 bits per heavy atom. The Morgan fingerprint density at radius 1 is 1.16 bits per heavy atom. The average molecular weight is 606 g/mol. The summed E-state index contributed by atoms with van der Waals surface area (Å²) in [7, 11) is 1.55. The Labute approximate surface area is 249 Å². The van der Waals surface area contributed by atoms with Crippen molar-refractivity contribution < 1.29 is 42.1 Å². The number of amides is 3. The predicted octanol–water partition coefficient (Wildman–Crippen LogP) is 5.63. The largest absolute Gasteiger partial charge is 0.476 e. The lowest BCUT2D eigenvalue weighted by Gasteiger charge is -2.44. The molecule has 12 heteroatoms. The van der Waals surface area contributed by atoms with E-state index in [-0.39, 0.29) is 43.5 Å². The molecule has 1 N–H and O–H groups in total. The molecule has 2 aliphatic heterocycles. The molecule has 0 radical (unpaired) electrons. The number of unbranched alkanes of at least 4 members (excludes halogenated alkanes) is 1. The van der Waals surface area contributed by atoms with Crippen molar-refractivity contribution in [1.29, 1.82) is 0 Å². The molecule has 2 heterocycles. The van der Waals surface area contributed by atoms with E-state index in [4.69, 9.17) is 9.47 Å². The molecule has 1 saturated heterocycles. The summed E-state index contributed by atoms with van der Waals surface area (Å²) in [5.41, 5.74) is -2.26. The van der Waals surface area contributed by atoms with Crippen LogP contribution in [0.1, 0.15) is 67.4 Å². The number of hydrogen-bond acceptors (Lipinski definition) is 5.